The van der Waals surface area contributed by atoms with Gasteiger partial charge in [-0.3, -0.25) is 4.79 Å². The molecule has 0 saturated carbocycles. The summed E-state index contributed by atoms with van der Waals surface area (Å²) in [6.07, 6.45) is 2.17. The molecule has 5 nitrogen and oxygen atoms in total. The topological polar surface area (TPSA) is 51.7 Å². The van der Waals surface area contributed by atoms with Crippen molar-refractivity contribution >= 4 is 11.6 Å². The monoisotopic (exact) mass is 334 g/mol. The fraction of sp³-hybridized carbons (Fsp3) is 0.294. The summed E-state index contributed by atoms with van der Waals surface area (Å²) in [6, 6.07) is 6.36. The van der Waals surface area contributed by atoms with Gasteiger partial charge in [0.2, 0.25) is 5.88 Å². The normalized spacial score (nSPS) is 16.9. The summed E-state index contributed by atoms with van der Waals surface area (Å²) in [6.45, 7) is 1.14. The van der Waals surface area contributed by atoms with Crippen molar-refractivity contribution in [3.05, 3.63) is 53.7 Å². The van der Waals surface area contributed by atoms with Gasteiger partial charge in [-0.25, -0.2) is 13.8 Å². The van der Waals surface area contributed by atoms with E-state index in [1.165, 1.54) is 36.3 Å². The molecule has 3 rings (SSSR count). The van der Waals surface area contributed by atoms with Gasteiger partial charge in [0, 0.05) is 43.0 Å². The van der Waals surface area contributed by atoms with Crippen LogP contribution in [-0.2, 0) is 4.74 Å². The van der Waals surface area contributed by atoms with Crippen molar-refractivity contribution in [1.29, 1.82) is 0 Å². The van der Waals surface area contributed by atoms with Crippen molar-refractivity contribution in [2.75, 3.05) is 25.2 Å². The number of benzene rings is 1. The van der Waals surface area contributed by atoms with E-state index in [2.05, 4.69) is 4.98 Å². The molecule has 1 aromatic carbocycles. The molecule has 1 saturated heterocycles. The predicted molar refractivity (Wildman–Crippen MR) is 83.2 cm³/mol. The van der Waals surface area contributed by atoms with E-state index in [4.69, 9.17) is 9.47 Å². The minimum absolute atomic E-state index is 0.0771. The van der Waals surface area contributed by atoms with E-state index < -0.39 is 11.6 Å². The molecule has 2 heterocycles. The number of carbonyl (C=O) groups is 1. The summed E-state index contributed by atoms with van der Waals surface area (Å²) in [5.41, 5.74) is 0.591. The van der Waals surface area contributed by atoms with Crippen molar-refractivity contribution in [3.8, 4) is 5.88 Å². The largest absolute Gasteiger partial charge is 0.472 e. The quantitative estimate of drug-likeness (QED) is 0.863. The summed E-state index contributed by atoms with van der Waals surface area (Å²) >= 11 is 0. The smallest absolute Gasteiger partial charge is 0.258 e. The molecular formula is C17H16F2N2O3. The average molecular weight is 334 g/mol. The van der Waals surface area contributed by atoms with Crippen molar-refractivity contribution in [2.45, 2.75) is 12.5 Å². The molecule has 1 fully saturated rings. The number of pyridine rings is 1. The van der Waals surface area contributed by atoms with Crippen LogP contribution in [0.2, 0.25) is 0 Å². The highest BCUT2D eigenvalue weighted by atomic mass is 19.2. The van der Waals surface area contributed by atoms with Crippen molar-refractivity contribution < 1.29 is 23.0 Å². The van der Waals surface area contributed by atoms with Crippen LogP contribution >= 0.6 is 0 Å². The van der Waals surface area contributed by atoms with E-state index in [1.54, 1.807) is 0 Å². The number of ether oxygens (including phenoxy) is 2. The minimum atomic E-state index is -1.01. The van der Waals surface area contributed by atoms with Crippen LogP contribution in [0.1, 0.15) is 16.8 Å². The molecule has 1 aromatic heterocycles. The van der Waals surface area contributed by atoms with E-state index in [-0.39, 0.29) is 17.7 Å². The first-order valence-electron chi connectivity index (χ1n) is 7.48. The fourth-order valence-electron chi connectivity index (χ4n) is 2.39. The molecule has 2 aromatic rings. The lowest BCUT2D eigenvalue weighted by atomic mass is 10.2. The Bertz CT molecular complexity index is 748. The number of carbonyl (C=O) groups excluding carboxylic acids is 1. The number of hydrogen-bond donors (Lipinski definition) is 0. The lowest BCUT2D eigenvalue weighted by molar-refractivity contribution is 0.0991. The number of amides is 1. The molecule has 0 N–H and O–H groups in total. The van der Waals surface area contributed by atoms with Gasteiger partial charge in [-0.15, -0.1) is 0 Å². The Labute approximate surface area is 137 Å². The van der Waals surface area contributed by atoms with Crippen LogP contribution in [0.5, 0.6) is 5.88 Å². The molecule has 0 spiro atoms. The molecule has 1 aliphatic heterocycles. The van der Waals surface area contributed by atoms with E-state index in [0.29, 0.717) is 24.7 Å². The number of nitrogens with zero attached hydrogens (tertiary/aromatic N) is 2. The van der Waals surface area contributed by atoms with Gasteiger partial charge in [-0.2, -0.15) is 0 Å². The molecule has 1 aliphatic rings. The van der Waals surface area contributed by atoms with Gasteiger partial charge >= 0.3 is 0 Å². The highest BCUT2D eigenvalue weighted by Crippen LogP contribution is 2.21. The average Bonchev–Trinajstić information content (AvgIpc) is 3.09. The van der Waals surface area contributed by atoms with Crippen molar-refractivity contribution in [3.63, 3.8) is 0 Å². The Hall–Kier alpha value is -2.54. The van der Waals surface area contributed by atoms with Gasteiger partial charge in [0.1, 0.15) is 6.10 Å². The Morgan fingerprint density at radius 3 is 2.83 bits per heavy atom. The zero-order valence-corrected chi connectivity index (χ0v) is 13.0. The Balaban J connectivity index is 1.77. The molecule has 0 aliphatic carbocycles. The molecule has 24 heavy (non-hydrogen) atoms. The van der Waals surface area contributed by atoms with Crippen LogP contribution in [0.4, 0.5) is 14.5 Å². The number of halogens is 2. The Morgan fingerprint density at radius 2 is 2.12 bits per heavy atom. The van der Waals surface area contributed by atoms with Gasteiger partial charge in [0.25, 0.3) is 5.91 Å². The van der Waals surface area contributed by atoms with E-state index in [9.17, 15) is 13.6 Å². The summed E-state index contributed by atoms with van der Waals surface area (Å²) < 4.78 is 37.3. The Kier molecular flexibility index (Phi) is 4.71. The molecular weight excluding hydrogens is 318 g/mol. The standard InChI is InChI=1S/C17H16F2N2O3/c1-21(12-2-3-14(18)15(19)9-12)17(22)11-4-6-20-16(8-11)24-13-5-7-23-10-13/h2-4,6,8-9,13H,5,7,10H2,1H3/t13-/m0/s1. The van der Waals surface area contributed by atoms with Gasteiger partial charge < -0.3 is 14.4 Å². The third kappa shape index (κ3) is 3.51. The second-order valence-corrected chi connectivity index (χ2v) is 5.45. The van der Waals surface area contributed by atoms with Crippen LogP contribution in [0.25, 0.3) is 0 Å². The number of hydrogen-bond acceptors (Lipinski definition) is 4. The fourth-order valence-corrected chi connectivity index (χ4v) is 2.39. The number of rotatable bonds is 4. The lowest BCUT2D eigenvalue weighted by Gasteiger charge is -2.18. The zero-order valence-electron chi connectivity index (χ0n) is 13.0. The summed E-state index contributed by atoms with van der Waals surface area (Å²) in [4.78, 5) is 17.9. The third-order valence-corrected chi connectivity index (χ3v) is 3.75. The maximum atomic E-state index is 13.3. The molecule has 1 atom stereocenters. The van der Waals surface area contributed by atoms with Gasteiger partial charge in [-0.1, -0.05) is 0 Å². The van der Waals surface area contributed by atoms with Crippen LogP contribution in [0.3, 0.4) is 0 Å². The second-order valence-electron chi connectivity index (χ2n) is 5.45. The van der Waals surface area contributed by atoms with Crippen LogP contribution in [0, 0.1) is 11.6 Å². The first-order chi connectivity index (χ1) is 11.5. The maximum absolute atomic E-state index is 13.3. The number of anilines is 1. The molecule has 1 amide bonds. The molecule has 0 radical (unpaired) electrons. The van der Waals surface area contributed by atoms with Crippen LogP contribution < -0.4 is 9.64 Å². The predicted octanol–water partition coefficient (Wildman–Crippen LogP) is 2.80. The summed E-state index contributed by atoms with van der Waals surface area (Å²) in [5.74, 6) is -2.02. The van der Waals surface area contributed by atoms with Gasteiger partial charge in [0.15, 0.2) is 11.6 Å². The van der Waals surface area contributed by atoms with Crippen molar-refractivity contribution in [2.24, 2.45) is 0 Å². The van der Waals surface area contributed by atoms with Gasteiger partial charge in [0.05, 0.1) is 13.2 Å². The van der Waals surface area contributed by atoms with Gasteiger partial charge in [-0.05, 0) is 18.2 Å². The molecule has 7 heteroatoms. The summed E-state index contributed by atoms with van der Waals surface area (Å²) in [7, 11) is 1.49. The summed E-state index contributed by atoms with van der Waals surface area (Å²) in [5, 5.41) is 0. The molecule has 126 valence electrons. The van der Waals surface area contributed by atoms with Crippen molar-refractivity contribution in [1.82, 2.24) is 4.98 Å². The molecule has 0 bridgehead atoms. The second kappa shape index (κ2) is 6.92. The highest BCUT2D eigenvalue weighted by Gasteiger charge is 2.20. The lowest BCUT2D eigenvalue weighted by Crippen LogP contribution is -2.26. The van der Waals surface area contributed by atoms with E-state index in [0.717, 1.165) is 18.6 Å². The van der Waals surface area contributed by atoms with Crippen LogP contribution in [-0.4, -0.2) is 37.3 Å². The minimum Gasteiger partial charge on any atom is -0.472 e. The third-order valence-electron chi connectivity index (χ3n) is 3.75. The van der Waals surface area contributed by atoms with Crippen LogP contribution in [0.15, 0.2) is 36.5 Å². The number of aromatic nitrogens is 1. The maximum Gasteiger partial charge on any atom is 0.258 e. The first-order valence-corrected chi connectivity index (χ1v) is 7.48. The highest BCUT2D eigenvalue weighted by molar-refractivity contribution is 6.05. The SMILES string of the molecule is CN(C(=O)c1ccnc(O[C@H]2CCOC2)c1)c1ccc(F)c(F)c1. The zero-order chi connectivity index (χ0) is 17.1. The first kappa shape index (κ1) is 16.3. The van der Waals surface area contributed by atoms with E-state index >= 15 is 0 Å². The van der Waals surface area contributed by atoms with E-state index in [1.807, 2.05) is 0 Å². The Morgan fingerprint density at radius 1 is 1.29 bits per heavy atom. The molecule has 0 unspecified atom stereocenters.